The minimum absolute atomic E-state index is 0.541. The molecule has 4 nitrogen and oxygen atoms in total. The molecule has 3 unspecified atom stereocenters. The van der Waals surface area contributed by atoms with Gasteiger partial charge in [-0.1, -0.05) is 13.8 Å². The van der Waals surface area contributed by atoms with Gasteiger partial charge < -0.3 is 10.6 Å². The lowest BCUT2D eigenvalue weighted by Gasteiger charge is -2.33. The third kappa shape index (κ3) is 3.37. The summed E-state index contributed by atoms with van der Waals surface area (Å²) in [6, 6.07) is 0.541. The van der Waals surface area contributed by atoms with Crippen molar-refractivity contribution in [3.8, 4) is 0 Å². The molecule has 2 rings (SSSR count). The van der Waals surface area contributed by atoms with Crippen LogP contribution in [0.1, 0.15) is 45.6 Å². The Morgan fingerprint density at radius 3 is 2.63 bits per heavy atom. The van der Waals surface area contributed by atoms with E-state index in [0.29, 0.717) is 12.0 Å². The molecule has 3 atom stereocenters. The summed E-state index contributed by atoms with van der Waals surface area (Å²) >= 11 is 0. The number of nitrogens with one attached hydrogen (secondary N) is 2. The van der Waals surface area contributed by atoms with Crippen molar-refractivity contribution in [2.45, 2.75) is 53.0 Å². The number of hydrogen-bond donors (Lipinski definition) is 2. The van der Waals surface area contributed by atoms with Crippen LogP contribution in [0.15, 0.2) is 6.33 Å². The Morgan fingerprint density at radius 1 is 1.21 bits per heavy atom. The van der Waals surface area contributed by atoms with E-state index in [1.807, 2.05) is 0 Å². The van der Waals surface area contributed by atoms with Gasteiger partial charge in [-0.05, 0) is 44.9 Å². The molecule has 1 aliphatic rings. The molecule has 0 aromatic carbocycles. The zero-order valence-electron chi connectivity index (χ0n) is 12.5. The summed E-state index contributed by atoms with van der Waals surface area (Å²) < 4.78 is 0. The molecule has 106 valence electrons. The van der Waals surface area contributed by atoms with Crippen molar-refractivity contribution in [2.75, 3.05) is 17.2 Å². The van der Waals surface area contributed by atoms with Gasteiger partial charge in [0.25, 0.3) is 0 Å². The van der Waals surface area contributed by atoms with E-state index in [9.17, 15) is 0 Å². The molecular formula is C15H26N4. The smallest absolute Gasteiger partial charge is 0.134 e. The van der Waals surface area contributed by atoms with Crippen molar-refractivity contribution in [3.05, 3.63) is 11.9 Å². The van der Waals surface area contributed by atoms with Gasteiger partial charge >= 0.3 is 0 Å². The summed E-state index contributed by atoms with van der Waals surface area (Å²) in [5.74, 6) is 3.49. The number of hydrogen-bond acceptors (Lipinski definition) is 4. The van der Waals surface area contributed by atoms with E-state index in [1.54, 1.807) is 6.33 Å². The second-order valence-corrected chi connectivity index (χ2v) is 5.87. The SMILES string of the molecule is CCNc1ncnc(NC2CCC(C)CC2C)c1C. The van der Waals surface area contributed by atoms with Crippen LogP contribution < -0.4 is 10.6 Å². The van der Waals surface area contributed by atoms with Gasteiger partial charge in [-0.3, -0.25) is 0 Å². The van der Waals surface area contributed by atoms with E-state index in [4.69, 9.17) is 0 Å². The number of aromatic nitrogens is 2. The molecule has 1 aromatic rings. The fourth-order valence-corrected chi connectivity index (χ4v) is 3.00. The Hall–Kier alpha value is -1.32. The summed E-state index contributed by atoms with van der Waals surface area (Å²) in [5.41, 5.74) is 1.12. The van der Waals surface area contributed by atoms with E-state index in [0.717, 1.165) is 29.7 Å². The second-order valence-electron chi connectivity index (χ2n) is 5.87. The van der Waals surface area contributed by atoms with Crippen LogP contribution in [0.2, 0.25) is 0 Å². The lowest BCUT2D eigenvalue weighted by molar-refractivity contribution is 0.276. The second kappa shape index (κ2) is 6.22. The highest BCUT2D eigenvalue weighted by molar-refractivity contribution is 5.56. The fraction of sp³-hybridized carbons (Fsp3) is 0.733. The van der Waals surface area contributed by atoms with Gasteiger partial charge in [0.2, 0.25) is 0 Å². The Balaban J connectivity index is 2.08. The maximum Gasteiger partial charge on any atom is 0.134 e. The van der Waals surface area contributed by atoms with Crippen LogP contribution in [0.5, 0.6) is 0 Å². The lowest BCUT2D eigenvalue weighted by atomic mass is 9.80. The molecule has 0 bridgehead atoms. The molecule has 1 saturated carbocycles. The average molecular weight is 262 g/mol. The zero-order valence-corrected chi connectivity index (χ0v) is 12.5. The summed E-state index contributed by atoms with van der Waals surface area (Å²) in [6.45, 7) is 9.74. The Bertz CT molecular complexity index is 419. The molecule has 0 saturated heterocycles. The first-order valence-electron chi connectivity index (χ1n) is 7.43. The molecule has 1 heterocycles. The van der Waals surface area contributed by atoms with Gasteiger partial charge in [0.15, 0.2) is 0 Å². The molecule has 0 amide bonds. The predicted molar refractivity (Wildman–Crippen MR) is 80.5 cm³/mol. The minimum atomic E-state index is 0.541. The van der Waals surface area contributed by atoms with Crippen molar-refractivity contribution in [1.82, 2.24) is 9.97 Å². The van der Waals surface area contributed by atoms with Crippen LogP contribution in [0.4, 0.5) is 11.6 Å². The summed E-state index contributed by atoms with van der Waals surface area (Å²) in [5, 5.41) is 6.91. The van der Waals surface area contributed by atoms with Gasteiger partial charge in [-0.2, -0.15) is 0 Å². The van der Waals surface area contributed by atoms with Crippen molar-refractivity contribution >= 4 is 11.6 Å². The lowest BCUT2D eigenvalue weighted by Crippen LogP contribution is -2.33. The quantitative estimate of drug-likeness (QED) is 0.872. The van der Waals surface area contributed by atoms with E-state index in [-0.39, 0.29) is 0 Å². The maximum absolute atomic E-state index is 4.41. The summed E-state index contributed by atoms with van der Waals surface area (Å²) in [7, 11) is 0. The van der Waals surface area contributed by atoms with Crippen molar-refractivity contribution in [1.29, 1.82) is 0 Å². The molecule has 0 aliphatic heterocycles. The highest BCUT2D eigenvalue weighted by atomic mass is 15.1. The summed E-state index contributed by atoms with van der Waals surface area (Å²) in [6.07, 6.45) is 5.50. The normalized spacial score (nSPS) is 27.1. The molecule has 1 fully saturated rings. The van der Waals surface area contributed by atoms with Crippen molar-refractivity contribution in [3.63, 3.8) is 0 Å². The van der Waals surface area contributed by atoms with Crippen LogP contribution >= 0.6 is 0 Å². The van der Waals surface area contributed by atoms with Gasteiger partial charge in [-0.25, -0.2) is 9.97 Å². The first kappa shape index (κ1) is 14.1. The topological polar surface area (TPSA) is 49.8 Å². The Labute approximate surface area is 116 Å². The third-order valence-electron chi connectivity index (χ3n) is 4.18. The maximum atomic E-state index is 4.41. The van der Waals surface area contributed by atoms with Gasteiger partial charge in [0.1, 0.15) is 18.0 Å². The van der Waals surface area contributed by atoms with E-state index in [2.05, 4.69) is 48.3 Å². The number of anilines is 2. The summed E-state index contributed by atoms with van der Waals surface area (Å²) in [4.78, 5) is 8.70. The molecule has 0 spiro atoms. The first-order chi connectivity index (χ1) is 9.11. The van der Waals surface area contributed by atoms with Gasteiger partial charge in [0, 0.05) is 18.2 Å². The van der Waals surface area contributed by atoms with Crippen molar-refractivity contribution in [2.24, 2.45) is 11.8 Å². The highest BCUT2D eigenvalue weighted by Crippen LogP contribution is 2.31. The zero-order chi connectivity index (χ0) is 13.8. The molecule has 0 radical (unpaired) electrons. The average Bonchev–Trinajstić information content (AvgIpc) is 2.37. The van der Waals surface area contributed by atoms with Crippen LogP contribution in [0.25, 0.3) is 0 Å². The van der Waals surface area contributed by atoms with Crippen LogP contribution in [0.3, 0.4) is 0 Å². The van der Waals surface area contributed by atoms with Crippen LogP contribution in [0, 0.1) is 18.8 Å². The molecule has 1 aliphatic carbocycles. The van der Waals surface area contributed by atoms with E-state index in [1.165, 1.54) is 19.3 Å². The Morgan fingerprint density at radius 2 is 1.95 bits per heavy atom. The monoisotopic (exact) mass is 262 g/mol. The molecule has 2 N–H and O–H groups in total. The van der Waals surface area contributed by atoms with Crippen LogP contribution in [-0.4, -0.2) is 22.6 Å². The standard InChI is InChI=1S/C15H26N4/c1-5-16-14-12(4)15(18-9-17-14)19-13-7-6-10(2)8-11(13)3/h9-11,13H,5-8H2,1-4H3,(H2,16,17,18,19). The third-order valence-corrected chi connectivity index (χ3v) is 4.18. The fourth-order valence-electron chi connectivity index (χ4n) is 3.00. The largest absolute Gasteiger partial charge is 0.370 e. The predicted octanol–water partition coefficient (Wildman–Crippen LogP) is 3.45. The molecular weight excluding hydrogens is 236 g/mol. The first-order valence-corrected chi connectivity index (χ1v) is 7.43. The molecule has 1 aromatic heterocycles. The van der Waals surface area contributed by atoms with E-state index >= 15 is 0 Å². The minimum Gasteiger partial charge on any atom is -0.370 e. The highest BCUT2D eigenvalue weighted by Gasteiger charge is 2.26. The van der Waals surface area contributed by atoms with Gasteiger partial charge in [-0.15, -0.1) is 0 Å². The van der Waals surface area contributed by atoms with Crippen LogP contribution in [-0.2, 0) is 0 Å². The number of rotatable bonds is 4. The van der Waals surface area contributed by atoms with Crippen molar-refractivity contribution < 1.29 is 0 Å². The van der Waals surface area contributed by atoms with E-state index < -0.39 is 0 Å². The van der Waals surface area contributed by atoms with Gasteiger partial charge in [0.05, 0.1) is 0 Å². The molecule has 19 heavy (non-hydrogen) atoms. The number of nitrogens with zero attached hydrogens (tertiary/aromatic N) is 2. The molecule has 4 heteroatoms. The Kier molecular flexibility index (Phi) is 4.61.